The number of methoxy groups -OCH3 is 1. The highest BCUT2D eigenvalue weighted by atomic mass is 19.2. The largest absolute Gasteiger partial charge is 0.380 e. The molecule has 6 heteroatoms. The van der Waals surface area contributed by atoms with Crippen LogP contribution in [0.4, 0.5) is 13.2 Å². The molecule has 0 aliphatic heterocycles. The summed E-state index contributed by atoms with van der Waals surface area (Å²) in [5.74, 6) is 4.18. The fourth-order valence-electron chi connectivity index (χ4n) is 3.31. The number of aromatic nitrogens is 2. The van der Waals surface area contributed by atoms with Crippen LogP contribution in [-0.4, -0.2) is 17.1 Å². The molecule has 0 N–H and O–H groups in total. The van der Waals surface area contributed by atoms with E-state index in [1.807, 2.05) is 6.07 Å². The second-order valence-corrected chi connectivity index (χ2v) is 7.30. The molecule has 0 atom stereocenters. The summed E-state index contributed by atoms with van der Waals surface area (Å²) in [6.07, 6.45) is 4.64. The van der Waals surface area contributed by atoms with Crippen molar-refractivity contribution < 1.29 is 17.9 Å². The van der Waals surface area contributed by atoms with Gasteiger partial charge in [-0.25, -0.2) is 23.1 Å². The highest BCUT2D eigenvalue weighted by Crippen LogP contribution is 2.21. The number of aryl methyl sites for hydroxylation is 2. The number of nitrogens with zero attached hydrogens (tertiary/aromatic N) is 2. The fraction of sp³-hybridized carbons (Fsp3) is 0.154. The van der Waals surface area contributed by atoms with Crippen molar-refractivity contribution in [3.05, 3.63) is 106 Å². The third kappa shape index (κ3) is 4.96. The van der Waals surface area contributed by atoms with Crippen LogP contribution in [0.2, 0.25) is 0 Å². The van der Waals surface area contributed by atoms with Gasteiger partial charge in [0.25, 0.3) is 0 Å². The molecule has 0 aliphatic rings. The van der Waals surface area contributed by atoms with Crippen LogP contribution in [0, 0.1) is 29.3 Å². The average Bonchev–Trinajstić information content (AvgIpc) is 2.80. The predicted molar refractivity (Wildman–Crippen MR) is 116 cm³/mol. The lowest BCUT2D eigenvalue weighted by atomic mass is 10.0. The lowest BCUT2D eigenvalue weighted by Crippen LogP contribution is -2.00. The van der Waals surface area contributed by atoms with Crippen LogP contribution in [0.15, 0.2) is 60.9 Å². The van der Waals surface area contributed by atoms with Crippen LogP contribution in [-0.2, 0) is 24.2 Å². The Bertz CT molecular complexity index is 1320. The number of hydrogen-bond acceptors (Lipinski definition) is 3. The van der Waals surface area contributed by atoms with Crippen molar-refractivity contribution in [3.8, 4) is 11.8 Å². The average molecular weight is 432 g/mol. The second-order valence-electron chi connectivity index (χ2n) is 7.30. The summed E-state index contributed by atoms with van der Waals surface area (Å²) in [5.41, 5.74) is 2.56. The molecule has 1 aromatic heterocycles. The van der Waals surface area contributed by atoms with Crippen molar-refractivity contribution in [1.29, 1.82) is 0 Å². The molecule has 0 unspecified atom stereocenters. The van der Waals surface area contributed by atoms with E-state index < -0.39 is 17.5 Å². The lowest BCUT2D eigenvalue weighted by Gasteiger charge is -2.04. The van der Waals surface area contributed by atoms with Gasteiger partial charge in [0.2, 0.25) is 0 Å². The van der Waals surface area contributed by atoms with Gasteiger partial charge in [-0.2, -0.15) is 0 Å². The molecule has 0 aliphatic carbocycles. The molecule has 3 nitrogen and oxygen atoms in total. The molecule has 0 fully saturated rings. The predicted octanol–water partition coefficient (Wildman–Crippen LogP) is 5.38. The molecule has 3 aromatic carbocycles. The molecular weight excluding hydrogens is 413 g/mol. The standard InChI is InChI=1S/C26H19F3N2O/c1-32-16-19-14-30-25(31-15-19)11-5-18-3-7-20(24(28)13-18)6-2-17-4-9-22-21(12-17)8-10-23(27)26(22)29/h3-4,7-10,12-15H,5,11,16H2,1H3. The maximum atomic E-state index is 14.5. The molecule has 0 saturated heterocycles. The van der Waals surface area contributed by atoms with E-state index in [9.17, 15) is 13.2 Å². The van der Waals surface area contributed by atoms with Gasteiger partial charge in [0.1, 0.15) is 11.6 Å². The fourth-order valence-corrected chi connectivity index (χ4v) is 3.31. The Labute approximate surface area is 183 Å². The minimum Gasteiger partial charge on any atom is -0.380 e. The van der Waals surface area contributed by atoms with Crippen molar-refractivity contribution in [1.82, 2.24) is 9.97 Å². The highest BCUT2D eigenvalue weighted by Gasteiger charge is 2.07. The minimum atomic E-state index is -0.895. The van der Waals surface area contributed by atoms with Crippen LogP contribution < -0.4 is 0 Å². The normalized spacial score (nSPS) is 10.8. The molecule has 4 rings (SSSR count). The Kier molecular flexibility index (Phi) is 6.48. The molecule has 1 heterocycles. The maximum Gasteiger partial charge on any atom is 0.166 e. The van der Waals surface area contributed by atoms with E-state index in [1.54, 1.807) is 37.7 Å². The molecule has 0 spiro atoms. The van der Waals surface area contributed by atoms with Crippen LogP contribution in [0.25, 0.3) is 10.8 Å². The molecule has 4 aromatic rings. The topological polar surface area (TPSA) is 35.0 Å². The summed E-state index contributed by atoms with van der Waals surface area (Å²) in [4.78, 5) is 8.59. The quantitative estimate of drug-likeness (QED) is 0.397. The summed E-state index contributed by atoms with van der Waals surface area (Å²) < 4.78 is 46.7. The number of fused-ring (bicyclic) bond motifs is 1. The van der Waals surface area contributed by atoms with E-state index in [1.165, 1.54) is 18.2 Å². The summed E-state index contributed by atoms with van der Waals surface area (Å²) in [7, 11) is 1.61. The molecule has 32 heavy (non-hydrogen) atoms. The van der Waals surface area contributed by atoms with E-state index in [0.717, 1.165) is 17.2 Å². The zero-order valence-corrected chi connectivity index (χ0v) is 17.3. The van der Waals surface area contributed by atoms with Crippen molar-refractivity contribution in [2.24, 2.45) is 0 Å². The van der Waals surface area contributed by atoms with Crippen LogP contribution in [0.3, 0.4) is 0 Å². The Morgan fingerprint density at radius 2 is 1.62 bits per heavy atom. The van der Waals surface area contributed by atoms with Crippen molar-refractivity contribution >= 4 is 10.8 Å². The Morgan fingerprint density at radius 1 is 0.812 bits per heavy atom. The third-order valence-corrected chi connectivity index (χ3v) is 4.99. The second kappa shape index (κ2) is 9.63. The number of rotatable bonds is 5. The highest BCUT2D eigenvalue weighted by molar-refractivity contribution is 5.84. The zero-order chi connectivity index (χ0) is 22.5. The number of benzene rings is 3. The molecule has 0 amide bonds. The first kappa shape index (κ1) is 21.5. The molecule has 0 radical (unpaired) electrons. The van der Waals surface area contributed by atoms with Gasteiger partial charge >= 0.3 is 0 Å². The number of ether oxygens (including phenoxy) is 1. The van der Waals surface area contributed by atoms with Crippen LogP contribution >= 0.6 is 0 Å². The van der Waals surface area contributed by atoms with Crippen molar-refractivity contribution in [2.75, 3.05) is 7.11 Å². The summed E-state index contributed by atoms with van der Waals surface area (Å²) in [5, 5.41) is 0.715. The van der Waals surface area contributed by atoms with Gasteiger partial charge in [-0.1, -0.05) is 30.0 Å². The van der Waals surface area contributed by atoms with Gasteiger partial charge in [-0.3, -0.25) is 0 Å². The van der Waals surface area contributed by atoms with Gasteiger partial charge in [0, 0.05) is 42.4 Å². The molecular formula is C26H19F3N2O. The third-order valence-electron chi connectivity index (χ3n) is 4.99. The first-order valence-corrected chi connectivity index (χ1v) is 10.0. The van der Waals surface area contributed by atoms with Gasteiger partial charge in [0.15, 0.2) is 11.6 Å². The Balaban J connectivity index is 1.45. The summed E-state index contributed by atoms with van der Waals surface area (Å²) in [6, 6.07) is 12.2. The van der Waals surface area contributed by atoms with Crippen molar-refractivity contribution in [2.45, 2.75) is 19.4 Å². The van der Waals surface area contributed by atoms with Crippen molar-refractivity contribution in [3.63, 3.8) is 0 Å². The van der Waals surface area contributed by atoms with E-state index in [4.69, 9.17) is 4.74 Å². The van der Waals surface area contributed by atoms with Gasteiger partial charge < -0.3 is 4.74 Å². The lowest BCUT2D eigenvalue weighted by molar-refractivity contribution is 0.184. The number of halogens is 3. The molecule has 160 valence electrons. The van der Waals surface area contributed by atoms with E-state index >= 15 is 0 Å². The minimum absolute atomic E-state index is 0.184. The smallest absolute Gasteiger partial charge is 0.166 e. The maximum absolute atomic E-state index is 14.5. The van der Waals surface area contributed by atoms with E-state index in [-0.39, 0.29) is 10.9 Å². The molecule has 0 saturated carbocycles. The van der Waals surface area contributed by atoms with Gasteiger partial charge in [0.05, 0.1) is 12.2 Å². The summed E-state index contributed by atoms with van der Waals surface area (Å²) >= 11 is 0. The monoisotopic (exact) mass is 432 g/mol. The van der Waals surface area contributed by atoms with Crippen LogP contribution in [0.5, 0.6) is 0 Å². The van der Waals surface area contributed by atoms with Gasteiger partial charge in [-0.15, -0.1) is 0 Å². The van der Waals surface area contributed by atoms with E-state index in [2.05, 4.69) is 21.8 Å². The van der Waals surface area contributed by atoms with Crippen LogP contribution in [0.1, 0.15) is 28.1 Å². The first-order chi connectivity index (χ1) is 15.5. The molecule has 0 bridgehead atoms. The zero-order valence-electron chi connectivity index (χ0n) is 17.3. The Hall–Kier alpha value is -3.69. The van der Waals surface area contributed by atoms with E-state index in [0.29, 0.717) is 36.2 Å². The Morgan fingerprint density at radius 3 is 2.38 bits per heavy atom. The van der Waals surface area contributed by atoms with Gasteiger partial charge in [-0.05, 0) is 47.7 Å². The number of hydrogen-bond donors (Lipinski definition) is 0. The first-order valence-electron chi connectivity index (χ1n) is 10.0. The summed E-state index contributed by atoms with van der Waals surface area (Å²) in [6.45, 7) is 0.461. The SMILES string of the molecule is COCc1cnc(CCc2ccc(C#Cc3ccc4c(F)c(F)ccc4c3)c(F)c2)nc1.